The molecule has 26 heavy (non-hydrogen) atoms. The summed E-state index contributed by atoms with van der Waals surface area (Å²) in [7, 11) is 0. The van der Waals surface area contributed by atoms with Crippen LogP contribution < -0.4 is 5.32 Å². The predicted octanol–water partition coefficient (Wildman–Crippen LogP) is 4.28. The standard InChI is InChI=1S/C18H14Cl2FNO4/c19-12-7-13(20)9-15(8-12)22-17(24)10-26-18(25)6-5-16(23)11-1-3-14(21)4-2-11/h1-4,7-9H,5-6,10H2,(H,22,24). The highest BCUT2D eigenvalue weighted by molar-refractivity contribution is 6.35. The Kier molecular flexibility index (Phi) is 7.12. The Hall–Kier alpha value is -2.44. The number of ketones is 1. The molecule has 2 rings (SSSR count). The van der Waals surface area contributed by atoms with Gasteiger partial charge in [-0.15, -0.1) is 0 Å². The molecule has 0 aliphatic heterocycles. The van der Waals surface area contributed by atoms with Gasteiger partial charge in [-0.05, 0) is 42.5 Å². The average molecular weight is 398 g/mol. The molecule has 8 heteroatoms. The number of hydrogen-bond donors (Lipinski definition) is 1. The normalized spacial score (nSPS) is 10.3. The van der Waals surface area contributed by atoms with Crippen LogP contribution >= 0.6 is 23.2 Å². The number of anilines is 1. The summed E-state index contributed by atoms with van der Waals surface area (Å²) >= 11 is 11.6. The number of ether oxygens (including phenoxy) is 1. The van der Waals surface area contributed by atoms with Crippen LogP contribution in [-0.4, -0.2) is 24.3 Å². The minimum Gasteiger partial charge on any atom is -0.456 e. The van der Waals surface area contributed by atoms with Crippen molar-refractivity contribution in [3.8, 4) is 0 Å². The predicted molar refractivity (Wildman–Crippen MR) is 96.0 cm³/mol. The Bertz CT molecular complexity index is 804. The second-order valence-electron chi connectivity index (χ2n) is 5.30. The number of nitrogens with one attached hydrogen (secondary N) is 1. The number of esters is 1. The number of hydrogen-bond acceptors (Lipinski definition) is 4. The molecule has 136 valence electrons. The highest BCUT2D eigenvalue weighted by Crippen LogP contribution is 2.22. The molecule has 0 heterocycles. The van der Waals surface area contributed by atoms with Gasteiger partial charge in [-0.1, -0.05) is 23.2 Å². The number of halogens is 3. The molecule has 0 aromatic heterocycles. The summed E-state index contributed by atoms with van der Waals surface area (Å²) in [6, 6.07) is 9.51. The third kappa shape index (κ3) is 6.46. The number of benzene rings is 2. The van der Waals surface area contributed by atoms with Gasteiger partial charge >= 0.3 is 5.97 Å². The maximum Gasteiger partial charge on any atom is 0.306 e. The third-order valence-electron chi connectivity index (χ3n) is 3.23. The monoisotopic (exact) mass is 397 g/mol. The second-order valence-corrected chi connectivity index (χ2v) is 6.17. The van der Waals surface area contributed by atoms with Crippen LogP contribution in [0.1, 0.15) is 23.2 Å². The maximum absolute atomic E-state index is 12.8. The first-order valence-corrected chi connectivity index (χ1v) is 8.29. The van der Waals surface area contributed by atoms with Gasteiger partial charge in [-0.3, -0.25) is 14.4 Å². The number of carbonyl (C=O) groups excluding carboxylic acids is 3. The van der Waals surface area contributed by atoms with Crippen LogP contribution in [0.15, 0.2) is 42.5 Å². The van der Waals surface area contributed by atoms with Crippen molar-refractivity contribution in [3.05, 3.63) is 63.9 Å². The summed E-state index contributed by atoms with van der Waals surface area (Å²) < 4.78 is 17.6. The molecule has 0 fully saturated rings. The topological polar surface area (TPSA) is 72.5 Å². The molecule has 0 saturated carbocycles. The molecule has 1 amide bonds. The summed E-state index contributed by atoms with van der Waals surface area (Å²) in [5.74, 6) is -2.03. The smallest absolute Gasteiger partial charge is 0.306 e. The Morgan fingerprint density at radius 2 is 1.58 bits per heavy atom. The lowest BCUT2D eigenvalue weighted by Gasteiger charge is -2.07. The van der Waals surface area contributed by atoms with Crippen molar-refractivity contribution in [1.29, 1.82) is 0 Å². The lowest BCUT2D eigenvalue weighted by atomic mass is 10.1. The fourth-order valence-electron chi connectivity index (χ4n) is 2.04. The number of rotatable bonds is 7. The lowest BCUT2D eigenvalue weighted by Crippen LogP contribution is -2.21. The van der Waals surface area contributed by atoms with Gasteiger partial charge in [-0.25, -0.2) is 4.39 Å². The van der Waals surface area contributed by atoms with Crippen LogP contribution in [0.4, 0.5) is 10.1 Å². The highest BCUT2D eigenvalue weighted by Gasteiger charge is 2.12. The lowest BCUT2D eigenvalue weighted by molar-refractivity contribution is -0.147. The zero-order chi connectivity index (χ0) is 19.1. The van der Waals surface area contributed by atoms with Gasteiger partial charge in [0.2, 0.25) is 0 Å². The molecule has 0 bridgehead atoms. The second kappa shape index (κ2) is 9.31. The molecule has 0 spiro atoms. The van der Waals surface area contributed by atoms with E-state index in [1.807, 2.05) is 0 Å². The van der Waals surface area contributed by atoms with Crippen molar-refractivity contribution in [1.82, 2.24) is 0 Å². The van der Waals surface area contributed by atoms with Crippen molar-refractivity contribution in [2.45, 2.75) is 12.8 Å². The molecule has 0 radical (unpaired) electrons. The summed E-state index contributed by atoms with van der Waals surface area (Å²) in [5.41, 5.74) is 0.671. The van der Waals surface area contributed by atoms with Crippen LogP contribution in [-0.2, 0) is 14.3 Å². The minimum atomic E-state index is -0.695. The van der Waals surface area contributed by atoms with E-state index in [1.165, 1.54) is 30.3 Å². The first kappa shape index (κ1) is 19.9. The van der Waals surface area contributed by atoms with Gasteiger partial charge in [0, 0.05) is 27.7 Å². The van der Waals surface area contributed by atoms with Gasteiger partial charge in [0.15, 0.2) is 12.4 Å². The van der Waals surface area contributed by atoms with Gasteiger partial charge in [0.25, 0.3) is 5.91 Å². The largest absolute Gasteiger partial charge is 0.456 e. The molecule has 0 saturated heterocycles. The Balaban J connectivity index is 1.74. The Morgan fingerprint density at radius 1 is 0.962 bits per heavy atom. The van der Waals surface area contributed by atoms with Crippen molar-refractivity contribution in [3.63, 3.8) is 0 Å². The van der Waals surface area contributed by atoms with Crippen LogP contribution in [0.25, 0.3) is 0 Å². The summed E-state index contributed by atoms with van der Waals surface area (Å²) in [5, 5.41) is 3.19. The van der Waals surface area contributed by atoms with Gasteiger partial charge in [0.1, 0.15) is 5.82 Å². The molecular weight excluding hydrogens is 384 g/mol. The molecule has 0 aliphatic carbocycles. The third-order valence-corrected chi connectivity index (χ3v) is 3.67. The van der Waals surface area contributed by atoms with Crippen LogP contribution in [0.5, 0.6) is 0 Å². The summed E-state index contributed by atoms with van der Waals surface area (Å²) in [6.07, 6.45) is -0.289. The van der Waals surface area contributed by atoms with E-state index in [0.717, 1.165) is 12.1 Å². The Labute approximate surface area is 159 Å². The Morgan fingerprint density at radius 3 is 2.19 bits per heavy atom. The minimum absolute atomic E-state index is 0.101. The van der Waals surface area contributed by atoms with Crippen molar-refractivity contribution < 1.29 is 23.5 Å². The van der Waals surface area contributed by atoms with E-state index in [2.05, 4.69) is 5.32 Å². The molecule has 2 aromatic carbocycles. The van der Waals surface area contributed by atoms with E-state index in [0.29, 0.717) is 21.3 Å². The van der Waals surface area contributed by atoms with Crippen LogP contribution in [0.3, 0.4) is 0 Å². The van der Waals surface area contributed by atoms with E-state index in [1.54, 1.807) is 0 Å². The van der Waals surface area contributed by atoms with Crippen LogP contribution in [0, 0.1) is 5.82 Å². The van der Waals surface area contributed by atoms with E-state index in [4.69, 9.17) is 27.9 Å². The molecule has 1 N–H and O–H groups in total. The van der Waals surface area contributed by atoms with E-state index < -0.39 is 24.3 Å². The van der Waals surface area contributed by atoms with E-state index >= 15 is 0 Å². The quantitative estimate of drug-likeness (QED) is 0.558. The summed E-state index contributed by atoms with van der Waals surface area (Å²) in [6.45, 7) is -0.506. The zero-order valence-corrected chi connectivity index (χ0v) is 14.9. The van der Waals surface area contributed by atoms with Gasteiger partial charge < -0.3 is 10.1 Å². The number of carbonyl (C=O) groups is 3. The fraction of sp³-hybridized carbons (Fsp3) is 0.167. The molecule has 0 aliphatic rings. The van der Waals surface area contributed by atoms with Crippen molar-refractivity contribution >= 4 is 46.5 Å². The zero-order valence-electron chi connectivity index (χ0n) is 13.4. The average Bonchev–Trinajstić information content (AvgIpc) is 2.57. The van der Waals surface area contributed by atoms with E-state index in [-0.39, 0.29) is 18.6 Å². The first-order chi connectivity index (χ1) is 12.3. The van der Waals surface area contributed by atoms with Gasteiger partial charge in [0.05, 0.1) is 6.42 Å². The molecular formula is C18H14Cl2FNO4. The molecule has 5 nitrogen and oxygen atoms in total. The van der Waals surface area contributed by atoms with Crippen molar-refractivity contribution in [2.75, 3.05) is 11.9 Å². The first-order valence-electron chi connectivity index (χ1n) is 7.54. The molecule has 2 aromatic rings. The maximum atomic E-state index is 12.8. The van der Waals surface area contributed by atoms with Crippen molar-refractivity contribution in [2.24, 2.45) is 0 Å². The number of Topliss-reactive ketones (excluding diaryl/α,β-unsaturated/α-hetero) is 1. The number of amides is 1. The molecule has 0 atom stereocenters. The fourth-order valence-corrected chi connectivity index (χ4v) is 2.56. The summed E-state index contributed by atoms with van der Waals surface area (Å²) in [4.78, 5) is 35.3. The SMILES string of the molecule is O=C(COC(=O)CCC(=O)c1ccc(F)cc1)Nc1cc(Cl)cc(Cl)c1. The highest BCUT2D eigenvalue weighted by atomic mass is 35.5. The van der Waals surface area contributed by atoms with Gasteiger partial charge in [-0.2, -0.15) is 0 Å². The van der Waals surface area contributed by atoms with Crippen LogP contribution in [0.2, 0.25) is 10.0 Å². The van der Waals surface area contributed by atoms with E-state index in [9.17, 15) is 18.8 Å². The molecule has 0 unspecified atom stereocenters.